The molecule has 0 aliphatic carbocycles. The second-order valence-electron chi connectivity index (χ2n) is 4.44. The first-order chi connectivity index (χ1) is 7.79. The molecule has 1 N–H and O–H groups in total. The predicted octanol–water partition coefficient (Wildman–Crippen LogP) is 2.05. The molecule has 0 spiro atoms. The number of aromatic nitrogens is 2. The van der Waals surface area contributed by atoms with E-state index in [1.165, 1.54) is 12.8 Å². The van der Waals surface area contributed by atoms with Crippen LogP contribution < -0.4 is 5.32 Å². The number of ether oxygens (including phenoxy) is 1. The van der Waals surface area contributed by atoms with Gasteiger partial charge in [-0.25, -0.2) is 4.98 Å². The van der Waals surface area contributed by atoms with Crippen molar-refractivity contribution in [2.45, 2.75) is 33.2 Å². The lowest BCUT2D eigenvalue weighted by molar-refractivity contribution is 0.0614. The van der Waals surface area contributed by atoms with Crippen molar-refractivity contribution in [1.82, 2.24) is 9.55 Å². The molecule has 1 aromatic heterocycles. The van der Waals surface area contributed by atoms with Crippen LogP contribution in [0.25, 0.3) is 0 Å². The van der Waals surface area contributed by atoms with Crippen LogP contribution in [0.15, 0.2) is 6.20 Å². The summed E-state index contributed by atoms with van der Waals surface area (Å²) in [4.78, 5) is 4.49. The van der Waals surface area contributed by atoms with E-state index < -0.39 is 0 Å². The van der Waals surface area contributed by atoms with Gasteiger partial charge in [-0.2, -0.15) is 0 Å². The Morgan fingerprint density at radius 2 is 2.25 bits per heavy atom. The SMILES string of the molecule is CCNc1nc(C)cn1CC1CCOCC1. The molecule has 1 aromatic rings. The first-order valence-corrected chi connectivity index (χ1v) is 6.15. The average molecular weight is 223 g/mol. The van der Waals surface area contributed by atoms with Crippen molar-refractivity contribution in [1.29, 1.82) is 0 Å². The maximum atomic E-state index is 5.38. The Bertz CT molecular complexity index is 329. The summed E-state index contributed by atoms with van der Waals surface area (Å²) in [6, 6.07) is 0. The summed E-state index contributed by atoms with van der Waals surface area (Å²) < 4.78 is 7.62. The predicted molar refractivity (Wildman–Crippen MR) is 64.7 cm³/mol. The van der Waals surface area contributed by atoms with E-state index in [4.69, 9.17) is 4.74 Å². The van der Waals surface area contributed by atoms with Gasteiger partial charge in [0.2, 0.25) is 5.95 Å². The van der Waals surface area contributed by atoms with Gasteiger partial charge in [0, 0.05) is 32.5 Å². The first kappa shape index (κ1) is 11.5. The van der Waals surface area contributed by atoms with Crippen LogP contribution in [0.4, 0.5) is 5.95 Å². The Morgan fingerprint density at radius 3 is 2.94 bits per heavy atom. The quantitative estimate of drug-likeness (QED) is 0.849. The maximum absolute atomic E-state index is 5.38. The highest BCUT2D eigenvalue weighted by atomic mass is 16.5. The highest BCUT2D eigenvalue weighted by molar-refractivity contribution is 5.28. The van der Waals surface area contributed by atoms with E-state index >= 15 is 0 Å². The van der Waals surface area contributed by atoms with Crippen LogP contribution in [0.1, 0.15) is 25.5 Å². The molecule has 90 valence electrons. The summed E-state index contributed by atoms with van der Waals surface area (Å²) in [5, 5.41) is 3.31. The minimum atomic E-state index is 0.736. The van der Waals surface area contributed by atoms with E-state index in [0.717, 1.165) is 43.9 Å². The Morgan fingerprint density at radius 1 is 1.50 bits per heavy atom. The van der Waals surface area contributed by atoms with Gasteiger partial charge in [0.05, 0.1) is 5.69 Å². The van der Waals surface area contributed by atoms with Gasteiger partial charge in [-0.05, 0) is 32.6 Å². The topological polar surface area (TPSA) is 39.1 Å². The third-order valence-electron chi connectivity index (χ3n) is 3.03. The maximum Gasteiger partial charge on any atom is 0.203 e. The van der Waals surface area contributed by atoms with E-state index in [2.05, 4.69) is 28.0 Å². The summed E-state index contributed by atoms with van der Waals surface area (Å²) >= 11 is 0. The Labute approximate surface area is 97.0 Å². The van der Waals surface area contributed by atoms with E-state index in [1.807, 2.05) is 6.92 Å². The minimum Gasteiger partial charge on any atom is -0.381 e. The van der Waals surface area contributed by atoms with Crippen LogP contribution in [0.5, 0.6) is 0 Å². The Kier molecular flexibility index (Phi) is 3.83. The number of nitrogens with zero attached hydrogens (tertiary/aromatic N) is 2. The molecule has 0 atom stereocenters. The van der Waals surface area contributed by atoms with Crippen LogP contribution in [0.2, 0.25) is 0 Å². The summed E-state index contributed by atoms with van der Waals surface area (Å²) in [5.41, 5.74) is 1.09. The molecule has 1 saturated heterocycles. The molecule has 0 bridgehead atoms. The van der Waals surface area contributed by atoms with E-state index in [0.29, 0.717) is 0 Å². The summed E-state index contributed by atoms with van der Waals surface area (Å²) in [7, 11) is 0. The molecule has 2 heterocycles. The second kappa shape index (κ2) is 5.34. The molecule has 0 radical (unpaired) electrons. The molecule has 2 rings (SSSR count). The van der Waals surface area contributed by atoms with Crippen molar-refractivity contribution >= 4 is 5.95 Å². The van der Waals surface area contributed by atoms with Crippen molar-refractivity contribution in [2.24, 2.45) is 5.92 Å². The molecule has 1 fully saturated rings. The van der Waals surface area contributed by atoms with Crippen molar-refractivity contribution < 1.29 is 4.74 Å². The third kappa shape index (κ3) is 2.76. The van der Waals surface area contributed by atoms with Crippen molar-refractivity contribution in [3.8, 4) is 0 Å². The number of aryl methyl sites for hydroxylation is 1. The van der Waals surface area contributed by atoms with Gasteiger partial charge < -0.3 is 14.6 Å². The number of imidazole rings is 1. The monoisotopic (exact) mass is 223 g/mol. The number of anilines is 1. The van der Waals surface area contributed by atoms with Gasteiger partial charge in [0.1, 0.15) is 0 Å². The lowest BCUT2D eigenvalue weighted by Crippen LogP contribution is -2.21. The van der Waals surface area contributed by atoms with Crippen LogP contribution in [-0.4, -0.2) is 29.3 Å². The van der Waals surface area contributed by atoms with Crippen molar-refractivity contribution in [3.05, 3.63) is 11.9 Å². The minimum absolute atomic E-state index is 0.736. The van der Waals surface area contributed by atoms with Gasteiger partial charge in [-0.15, -0.1) is 0 Å². The van der Waals surface area contributed by atoms with Gasteiger partial charge >= 0.3 is 0 Å². The average Bonchev–Trinajstić information content (AvgIpc) is 2.61. The van der Waals surface area contributed by atoms with E-state index in [-0.39, 0.29) is 0 Å². The van der Waals surface area contributed by atoms with Gasteiger partial charge in [-0.1, -0.05) is 0 Å². The van der Waals surface area contributed by atoms with Crippen molar-refractivity contribution in [3.63, 3.8) is 0 Å². The molecule has 1 aliphatic heterocycles. The molecular weight excluding hydrogens is 202 g/mol. The number of nitrogens with one attached hydrogen (secondary N) is 1. The van der Waals surface area contributed by atoms with Gasteiger partial charge in [-0.3, -0.25) is 0 Å². The molecule has 0 aromatic carbocycles. The first-order valence-electron chi connectivity index (χ1n) is 6.15. The van der Waals surface area contributed by atoms with Crippen LogP contribution >= 0.6 is 0 Å². The summed E-state index contributed by atoms with van der Waals surface area (Å²) in [5.74, 6) is 1.74. The lowest BCUT2D eigenvalue weighted by Gasteiger charge is -2.23. The third-order valence-corrected chi connectivity index (χ3v) is 3.03. The molecule has 4 nitrogen and oxygen atoms in total. The number of rotatable bonds is 4. The smallest absolute Gasteiger partial charge is 0.203 e. The van der Waals surface area contributed by atoms with E-state index in [1.54, 1.807) is 0 Å². The second-order valence-corrected chi connectivity index (χ2v) is 4.44. The summed E-state index contributed by atoms with van der Waals surface area (Å²) in [6.45, 7) is 7.95. The van der Waals surface area contributed by atoms with Gasteiger partial charge in [0.25, 0.3) is 0 Å². The molecule has 1 aliphatic rings. The zero-order valence-corrected chi connectivity index (χ0v) is 10.2. The Balaban J connectivity index is 2.01. The largest absolute Gasteiger partial charge is 0.381 e. The van der Waals surface area contributed by atoms with Crippen LogP contribution in [-0.2, 0) is 11.3 Å². The highest BCUT2D eigenvalue weighted by Crippen LogP contribution is 2.19. The van der Waals surface area contributed by atoms with Crippen LogP contribution in [0, 0.1) is 12.8 Å². The summed E-state index contributed by atoms with van der Waals surface area (Å²) in [6.07, 6.45) is 4.47. The lowest BCUT2D eigenvalue weighted by atomic mass is 10.0. The molecule has 0 amide bonds. The molecule has 0 saturated carbocycles. The molecule has 4 heteroatoms. The fourth-order valence-corrected chi connectivity index (χ4v) is 2.19. The van der Waals surface area contributed by atoms with Crippen molar-refractivity contribution in [2.75, 3.05) is 25.1 Å². The van der Waals surface area contributed by atoms with Crippen LogP contribution in [0.3, 0.4) is 0 Å². The normalized spacial score (nSPS) is 17.6. The van der Waals surface area contributed by atoms with E-state index in [9.17, 15) is 0 Å². The molecular formula is C12H21N3O. The van der Waals surface area contributed by atoms with Gasteiger partial charge in [0.15, 0.2) is 0 Å². The zero-order valence-electron chi connectivity index (χ0n) is 10.2. The Hall–Kier alpha value is -1.03. The number of hydrogen-bond donors (Lipinski definition) is 1. The zero-order chi connectivity index (χ0) is 11.4. The number of hydrogen-bond acceptors (Lipinski definition) is 3. The fraction of sp³-hybridized carbons (Fsp3) is 0.750. The highest BCUT2D eigenvalue weighted by Gasteiger charge is 2.16. The molecule has 0 unspecified atom stereocenters. The molecule has 16 heavy (non-hydrogen) atoms. The fourth-order valence-electron chi connectivity index (χ4n) is 2.19. The standard InChI is InChI=1S/C12H21N3O/c1-3-13-12-14-10(2)8-15(12)9-11-4-6-16-7-5-11/h8,11H,3-7,9H2,1-2H3,(H,13,14).